The van der Waals surface area contributed by atoms with Crippen LogP contribution in [0.1, 0.15) is 13.8 Å². The molecule has 1 aromatic rings. The fraction of sp³-hybridized carbons (Fsp3) is 0.400. The first kappa shape index (κ1) is 11.3. The topological polar surface area (TPSA) is 67.2 Å². The summed E-state index contributed by atoms with van der Waals surface area (Å²) in [5.41, 5.74) is 1.15. The average molecular weight is 209 g/mol. The van der Waals surface area contributed by atoms with Crippen LogP contribution in [0.25, 0.3) is 0 Å². The lowest BCUT2D eigenvalue weighted by Crippen LogP contribution is -2.12. The van der Waals surface area contributed by atoms with Crippen molar-refractivity contribution >= 4 is 17.1 Å². The molecule has 5 nitrogen and oxygen atoms in total. The van der Waals surface area contributed by atoms with Gasteiger partial charge in [0, 0.05) is 13.1 Å². The molecule has 1 rings (SSSR count). The maximum atomic E-state index is 10.9. The van der Waals surface area contributed by atoms with Crippen molar-refractivity contribution in [2.24, 2.45) is 0 Å². The molecule has 0 radical (unpaired) electrons. The Labute approximate surface area is 88.6 Å². The number of para-hydroxylation sites is 1. The number of nitro benzene ring substituents is 1. The van der Waals surface area contributed by atoms with E-state index in [0.29, 0.717) is 11.4 Å². The Morgan fingerprint density at radius 3 is 2.40 bits per heavy atom. The van der Waals surface area contributed by atoms with E-state index < -0.39 is 0 Å². The van der Waals surface area contributed by atoms with Crippen molar-refractivity contribution < 1.29 is 4.92 Å². The number of anilines is 2. The van der Waals surface area contributed by atoms with Gasteiger partial charge in [-0.1, -0.05) is 6.07 Å². The van der Waals surface area contributed by atoms with E-state index in [-0.39, 0.29) is 16.7 Å². The lowest BCUT2D eigenvalue weighted by Gasteiger charge is -2.12. The van der Waals surface area contributed by atoms with Gasteiger partial charge in [-0.15, -0.1) is 0 Å². The Hall–Kier alpha value is -1.78. The molecular weight excluding hydrogens is 194 g/mol. The Balaban J connectivity index is 3.19. The maximum absolute atomic E-state index is 10.9. The second kappa shape index (κ2) is 4.63. The quantitative estimate of drug-likeness (QED) is 0.590. The van der Waals surface area contributed by atoms with Crippen molar-refractivity contribution in [3.8, 4) is 0 Å². The summed E-state index contributed by atoms with van der Waals surface area (Å²) in [5, 5.41) is 16.8. The van der Waals surface area contributed by atoms with Crippen LogP contribution in [-0.4, -0.2) is 18.0 Å². The van der Waals surface area contributed by atoms with E-state index in [9.17, 15) is 10.1 Å². The fourth-order valence-electron chi connectivity index (χ4n) is 1.37. The number of nitrogens with zero attached hydrogens (tertiary/aromatic N) is 1. The van der Waals surface area contributed by atoms with Crippen molar-refractivity contribution in [2.45, 2.75) is 19.9 Å². The molecule has 0 saturated carbocycles. The van der Waals surface area contributed by atoms with Gasteiger partial charge in [-0.2, -0.15) is 0 Å². The first-order valence-electron chi connectivity index (χ1n) is 4.78. The van der Waals surface area contributed by atoms with Gasteiger partial charge in [-0.3, -0.25) is 10.1 Å². The summed E-state index contributed by atoms with van der Waals surface area (Å²) >= 11 is 0. The molecule has 0 atom stereocenters. The molecule has 82 valence electrons. The Morgan fingerprint density at radius 1 is 1.33 bits per heavy atom. The molecule has 0 aliphatic rings. The van der Waals surface area contributed by atoms with E-state index in [1.165, 1.54) is 0 Å². The highest BCUT2D eigenvalue weighted by Gasteiger charge is 2.18. The zero-order chi connectivity index (χ0) is 11.4. The van der Waals surface area contributed by atoms with Gasteiger partial charge in [-0.05, 0) is 26.0 Å². The van der Waals surface area contributed by atoms with E-state index in [1.807, 2.05) is 13.8 Å². The predicted octanol–water partition coefficient (Wildman–Crippen LogP) is 2.46. The molecule has 0 bridgehead atoms. The van der Waals surface area contributed by atoms with Crippen LogP contribution >= 0.6 is 0 Å². The van der Waals surface area contributed by atoms with Gasteiger partial charge < -0.3 is 10.6 Å². The van der Waals surface area contributed by atoms with Crippen LogP contribution < -0.4 is 10.6 Å². The molecule has 0 aliphatic heterocycles. The van der Waals surface area contributed by atoms with Crippen LogP contribution in [0.5, 0.6) is 0 Å². The number of hydrogen-bond donors (Lipinski definition) is 2. The first-order chi connectivity index (χ1) is 7.06. The summed E-state index contributed by atoms with van der Waals surface area (Å²) in [7, 11) is 1.67. The highest BCUT2D eigenvalue weighted by molar-refractivity contribution is 5.76. The monoisotopic (exact) mass is 209 g/mol. The highest BCUT2D eigenvalue weighted by Crippen LogP contribution is 2.32. The van der Waals surface area contributed by atoms with Crippen LogP contribution in [0, 0.1) is 10.1 Å². The largest absolute Gasteiger partial charge is 0.382 e. The fourth-order valence-corrected chi connectivity index (χ4v) is 1.37. The standard InChI is InChI=1S/C10H15N3O2/c1-7(2)12-9-6-4-5-8(11-3)10(9)13(14)15/h4-7,11-12H,1-3H3. The molecular formula is C10H15N3O2. The SMILES string of the molecule is CNc1cccc(NC(C)C)c1[N+](=O)[O-]. The lowest BCUT2D eigenvalue weighted by atomic mass is 10.2. The number of nitro groups is 1. The molecule has 0 aromatic heterocycles. The van der Waals surface area contributed by atoms with Gasteiger partial charge >= 0.3 is 5.69 Å². The minimum atomic E-state index is -0.378. The first-order valence-corrected chi connectivity index (χ1v) is 4.78. The molecule has 0 spiro atoms. The van der Waals surface area contributed by atoms with Gasteiger partial charge in [0.15, 0.2) is 0 Å². The minimum absolute atomic E-state index is 0.0914. The van der Waals surface area contributed by atoms with Crippen molar-refractivity contribution in [3.63, 3.8) is 0 Å². The van der Waals surface area contributed by atoms with Gasteiger partial charge in [0.25, 0.3) is 0 Å². The predicted molar refractivity (Wildman–Crippen MR) is 61.4 cm³/mol. The third-order valence-corrected chi connectivity index (χ3v) is 1.93. The summed E-state index contributed by atoms with van der Waals surface area (Å²) in [6.07, 6.45) is 0. The summed E-state index contributed by atoms with van der Waals surface area (Å²) in [6.45, 7) is 3.88. The summed E-state index contributed by atoms with van der Waals surface area (Å²) < 4.78 is 0. The van der Waals surface area contributed by atoms with E-state index >= 15 is 0 Å². The molecule has 0 fully saturated rings. The smallest absolute Gasteiger partial charge is 0.315 e. The normalized spacial score (nSPS) is 10.1. The minimum Gasteiger partial charge on any atom is -0.382 e. The van der Waals surface area contributed by atoms with Gasteiger partial charge in [0.2, 0.25) is 0 Å². The molecule has 1 aromatic carbocycles. The Bertz CT molecular complexity index is 364. The number of rotatable bonds is 4. The zero-order valence-corrected chi connectivity index (χ0v) is 9.07. The summed E-state index contributed by atoms with van der Waals surface area (Å²) in [6, 6.07) is 5.34. The van der Waals surface area contributed by atoms with Crippen LogP contribution in [0.3, 0.4) is 0 Å². The third kappa shape index (κ3) is 2.59. The van der Waals surface area contributed by atoms with Crippen molar-refractivity contribution in [1.82, 2.24) is 0 Å². The molecule has 2 N–H and O–H groups in total. The van der Waals surface area contributed by atoms with E-state index in [4.69, 9.17) is 0 Å². The zero-order valence-electron chi connectivity index (χ0n) is 9.07. The highest BCUT2D eigenvalue weighted by atomic mass is 16.6. The summed E-state index contributed by atoms with van der Waals surface area (Å²) in [4.78, 5) is 10.5. The van der Waals surface area contributed by atoms with Crippen LogP contribution in [0.4, 0.5) is 17.1 Å². The van der Waals surface area contributed by atoms with Gasteiger partial charge in [0.1, 0.15) is 11.4 Å². The summed E-state index contributed by atoms with van der Waals surface area (Å²) in [5.74, 6) is 0. The molecule has 0 unspecified atom stereocenters. The van der Waals surface area contributed by atoms with Gasteiger partial charge in [0.05, 0.1) is 4.92 Å². The maximum Gasteiger partial charge on any atom is 0.315 e. The van der Waals surface area contributed by atoms with Crippen molar-refractivity contribution in [3.05, 3.63) is 28.3 Å². The number of benzene rings is 1. The average Bonchev–Trinajstić information content (AvgIpc) is 2.15. The van der Waals surface area contributed by atoms with Crippen molar-refractivity contribution in [1.29, 1.82) is 0 Å². The van der Waals surface area contributed by atoms with E-state index in [0.717, 1.165) is 0 Å². The molecule has 0 aliphatic carbocycles. The number of nitrogens with one attached hydrogen (secondary N) is 2. The van der Waals surface area contributed by atoms with E-state index in [1.54, 1.807) is 25.2 Å². The van der Waals surface area contributed by atoms with Crippen LogP contribution in [0.15, 0.2) is 18.2 Å². The molecule has 0 heterocycles. The van der Waals surface area contributed by atoms with Gasteiger partial charge in [-0.25, -0.2) is 0 Å². The van der Waals surface area contributed by atoms with Crippen molar-refractivity contribution in [2.75, 3.05) is 17.7 Å². The Morgan fingerprint density at radius 2 is 1.93 bits per heavy atom. The third-order valence-electron chi connectivity index (χ3n) is 1.93. The van der Waals surface area contributed by atoms with E-state index in [2.05, 4.69) is 10.6 Å². The lowest BCUT2D eigenvalue weighted by molar-refractivity contribution is -0.383. The second-order valence-corrected chi connectivity index (χ2v) is 3.51. The van der Waals surface area contributed by atoms with Crippen LogP contribution in [-0.2, 0) is 0 Å². The Kier molecular flexibility index (Phi) is 3.49. The number of hydrogen-bond acceptors (Lipinski definition) is 4. The molecule has 0 saturated heterocycles. The van der Waals surface area contributed by atoms with Crippen LogP contribution in [0.2, 0.25) is 0 Å². The molecule has 5 heteroatoms. The molecule has 15 heavy (non-hydrogen) atoms. The second-order valence-electron chi connectivity index (χ2n) is 3.51. The molecule has 0 amide bonds.